The molecule has 1 atom stereocenters. The molecular formula is C21H22F3N3O3S. The Kier molecular flexibility index (Phi) is 5.67. The van der Waals surface area contributed by atoms with Crippen LogP contribution in [0.5, 0.6) is 0 Å². The molecule has 1 saturated heterocycles. The highest BCUT2D eigenvalue weighted by Gasteiger charge is 2.35. The molecule has 0 saturated carbocycles. The van der Waals surface area contributed by atoms with Gasteiger partial charge in [0.25, 0.3) is 11.6 Å². The largest absolute Gasteiger partial charge is 0.416 e. The summed E-state index contributed by atoms with van der Waals surface area (Å²) >= 11 is 1.63. The van der Waals surface area contributed by atoms with Gasteiger partial charge in [-0.1, -0.05) is 6.92 Å². The number of nitro benzene ring substituents is 1. The lowest BCUT2D eigenvalue weighted by molar-refractivity contribution is -0.384. The summed E-state index contributed by atoms with van der Waals surface area (Å²) in [5, 5.41) is 13.3. The number of nitro groups is 1. The fourth-order valence-corrected chi connectivity index (χ4v) is 5.53. The molecule has 0 bridgehead atoms. The van der Waals surface area contributed by atoms with Crippen LogP contribution >= 0.6 is 11.3 Å². The van der Waals surface area contributed by atoms with Gasteiger partial charge in [0, 0.05) is 42.5 Å². The second kappa shape index (κ2) is 8.14. The first-order valence-electron chi connectivity index (χ1n) is 10.1. The van der Waals surface area contributed by atoms with E-state index in [0.29, 0.717) is 38.2 Å². The standard InChI is InChI=1S/C21H22F3N3O3S/c1-13-2-4-15-16(12-31-19(15)10-13)20(28)26-8-6-25(7-9-26)17-5-3-14(21(22,23)24)11-18(17)27(29)30/h3,5,11-13H,2,4,6-10H2,1H3. The second-order valence-electron chi connectivity index (χ2n) is 8.14. The van der Waals surface area contributed by atoms with Crippen LogP contribution < -0.4 is 4.90 Å². The molecule has 0 N–H and O–H groups in total. The number of hydrogen-bond donors (Lipinski definition) is 0. The lowest BCUT2D eigenvalue weighted by Crippen LogP contribution is -2.49. The van der Waals surface area contributed by atoms with Gasteiger partial charge >= 0.3 is 6.18 Å². The normalized spacial score (nSPS) is 19.3. The zero-order chi connectivity index (χ0) is 22.3. The van der Waals surface area contributed by atoms with E-state index >= 15 is 0 Å². The van der Waals surface area contributed by atoms with E-state index in [1.54, 1.807) is 21.1 Å². The molecular weight excluding hydrogens is 431 g/mol. The van der Waals surface area contributed by atoms with E-state index in [1.165, 1.54) is 4.88 Å². The molecule has 1 fully saturated rings. The van der Waals surface area contributed by atoms with Crippen LogP contribution in [0.3, 0.4) is 0 Å². The number of rotatable bonds is 3. The van der Waals surface area contributed by atoms with Gasteiger partial charge in [0.2, 0.25) is 0 Å². The van der Waals surface area contributed by atoms with E-state index in [9.17, 15) is 28.1 Å². The molecule has 2 aliphatic rings. The predicted molar refractivity (Wildman–Crippen MR) is 112 cm³/mol. The van der Waals surface area contributed by atoms with E-state index in [2.05, 4.69) is 6.92 Å². The Morgan fingerprint density at radius 3 is 2.58 bits per heavy atom. The number of anilines is 1. The summed E-state index contributed by atoms with van der Waals surface area (Å²) in [6, 6.07) is 2.58. The minimum atomic E-state index is -4.65. The van der Waals surface area contributed by atoms with Crippen molar-refractivity contribution in [3.8, 4) is 0 Å². The predicted octanol–water partition coefficient (Wildman–Crippen LogP) is 4.76. The van der Waals surface area contributed by atoms with Crippen LogP contribution in [-0.4, -0.2) is 41.9 Å². The van der Waals surface area contributed by atoms with Gasteiger partial charge in [-0.05, 0) is 42.9 Å². The highest BCUT2D eigenvalue weighted by atomic mass is 32.1. The number of carbonyl (C=O) groups excluding carboxylic acids is 1. The van der Waals surface area contributed by atoms with Gasteiger partial charge in [0.05, 0.1) is 16.1 Å². The lowest BCUT2D eigenvalue weighted by Gasteiger charge is -2.36. The summed E-state index contributed by atoms with van der Waals surface area (Å²) in [5.74, 6) is 0.589. The molecule has 1 aromatic carbocycles. The topological polar surface area (TPSA) is 66.7 Å². The molecule has 1 aliphatic heterocycles. The van der Waals surface area contributed by atoms with Crippen molar-refractivity contribution in [2.75, 3.05) is 31.1 Å². The summed E-state index contributed by atoms with van der Waals surface area (Å²) in [4.78, 5) is 28.3. The van der Waals surface area contributed by atoms with E-state index in [0.717, 1.165) is 42.5 Å². The van der Waals surface area contributed by atoms with E-state index in [4.69, 9.17) is 0 Å². The summed E-state index contributed by atoms with van der Waals surface area (Å²) in [6.45, 7) is 3.57. The summed E-state index contributed by atoms with van der Waals surface area (Å²) < 4.78 is 38.8. The number of halogens is 3. The van der Waals surface area contributed by atoms with Crippen LogP contribution in [0.25, 0.3) is 0 Å². The molecule has 2 aromatic rings. The van der Waals surface area contributed by atoms with Gasteiger partial charge < -0.3 is 9.80 Å². The average molecular weight is 453 g/mol. The number of thiophene rings is 1. The summed E-state index contributed by atoms with van der Waals surface area (Å²) in [6.07, 6.45) is -1.68. The van der Waals surface area contributed by atoms with Gasteiger partial charge in [0.1, 0.15) is 5.69 Å². The number of benzene rings is 1. The number of amides is 1. The van der Waals surface area contributed by atoms with Crippen molar-refractivity contribution in [2.24, 2.45) is 5.92 Å². The first-order chi connectivity index (χ1) is 14.6. The van der Waals surface area contributed by atoms with Crippen LogP contribution in [0.2, 0.25) is 0 Å². The molecule has 1 amide bonds. The van der Waals surface area contributed by atoms with Crippen LogP contribution in [0.4, 0.5) is 24.5 Å². The Labute approximate surface area is 181 Å². The maximum Gasteiger partial charge on any atom is 0.416 e. The molecule has 0 spiro atoms. The molecule has 166 valence electrons. The van der Waals surface area contributed by atoms with Gasteiger partial charge in [-0.25, -0.2) is 0 Å². The smallest absolute Gasteiger partial charge is 0.362 e. The molecule has 10 heteroatoms. The highest BCUT2D eigenvalue weighted by molar-refractivity contribution is 7.10. The number of fused-ring (bicyclic) bond motifs is 1. The third-order valence-electron chi connectivity index (χ3n) is 6.04. The minimum absolute atomic E-state index is 0.0337. The van der Waals surface area contributed by atoms with Crippen LogP contribution in [-0.2, 0) is 19.0 Å². The van der Waals surface area contributed by atoms with Crippen LogP contribution in [0, 0.1) is 16.0 Å². The third kappa shape index (κ3) is 4.26. The van der Waals surface area contributed by atoms with Crippen molar-refractivity contribution in [1.29, 1.82) is 0 Å². The van der Waals surface area contributed by atoms with Gasteiger partial charge in [-0.3, -0.25) is 14.9 Å². The quantitative estimate of drug-likeness (QED) is 0.496. The summed E-state index contributed by atoms with van der Waals surface area (Å²) in [7, 11) is 0. The number of hydrogen-bond acceptors (Lipinski definition) is 5. The number of carbonyl (C=O) groups is 1. The lowest BCUT2D eigenvalue weighted by atomic mass is 9.88. The highest BCUT2D eigenvalue weighted by Crippen LogP contribution is 2.37. The van der Waals surface area contributed by atoms with Crippen molar-refractivity contribution in [3.05, 3.63) is 55.3 Å². The molecule has 4 rings (SSSR count). The van der Waals surface area contributed by atoms with E-state index in [-0.39, 0.29) is 11.6 Å². The molecule has 6 nitrogen and oxygen atoms in total. The van der Waals surface area contributed by atoms with E-state index in [1.807, 2.05) is 5.38 Å². The Morgan fingerprint density at radius 2 is 1.94 bits per heavy atom. The first kappa shape index (κ1) is 21.6. The Balaban J connectivity index is 1.48. The molecule has 31 heavy (non-hydrogen) atoms. The van der Waals surface area contributed by atoms with Gasteiger partial charge in [0.15, 0.2) is 0 Å². The fraction of sp³-hybridized carbons (Fsp3) is 0.476. The zero-order valence-electron chi connectivity index (χ0n) is 16.9. The Morgan fingerprint density at radius 1 is 1.23 bits per heavy atom. The number of alkyl halides is 3. The molecule has 1 aliphatic carbocycles. The minimum Gasteiger partial charge on any atom is -0.362 e. The second-order valence-corrected chi connectivity index (χ2v) is 9.10. The molecule has 1 aromatic heterocycles. The SMILES string of the molecule is CC1CCc2c(C(=O)N3CCN(c4ccc(C(F)(F)F)cc4[N+](=O)[O-])CC3)csc2C1. The zero-order valence-corrected chi connectivity index (χ0v) is 17.8. The Bertz CT molecular complexity index is 1010. The average Bonchev–Trinajstić information content (AvgIpc) is 3.15. The molecule has 0 radical (unpaired) electrons. The van der Waals surface area contributed by atoms with Crippen LogP contribution in [0.1, 0.15) is 39.7 Å². The van der Waals surface area contributed by atoms with Crippen molar-refractivity contribution in [2.45, 2.75) is 32.4 Å². The van der Waals surface area contributed by atoms with Gasteiger partial charge in [-0.2, -0.15) is 13.2 Å². The summed E-state index contributed by atoms with van der Waals surface area (Å²) in [5.41, 5.74) is 0.422. The van der Waals surface area contributed by atoms with Crippen molar-refractivity contribution in [3.63, 3.8) is 0 Å². The van der Waals surface area contributed by atoms with Crippen molar-refractivity contribution in [1.82, 2.24) is 4.90 Å². The van der Waals surface area contributed by atoms with Crippen LogP contribution in [0.15, 0.2) is 23.6 Å². The number of nitrogens with zero attached hydrogens (tertiary/aromatic N) is 3. The van der Waals surface area contributed by atoms with E-state index < -0.39 is 22.4 Å². The molecule has 1 unspecified atom stereocenters. The fourth-order valence-electron chi connectivity index (χ4n) is 4.29. The number of piperazine rings is 1. The Hall–Kier alpha value is -2.62. The molecule has 2 heterocycles. The maximum atomic E-state index is 13.1. The third-order valence-corrected chi connectivity index (χ3v) is 7.09. The first-order valence-corrected chi connectivity index (χ1v) is 11.0. The maximum absolute atomic E-state index is 13.1. The monoisotopic (exact) mass is 453 g/mol. The van der Waals surface area contributed by atoms with Crippen molar-refractivity contribution < 1.29 is 22.9 Å². The van der Waals surface area contributed by atoms with Crippen molar-refractivity contribution >= 4 is 28.6 Å². The van der Waals surface area contributed by atoms with Gasteiger partial charge in [-0.15, -0.1) is 11.3 Å².